The van der Waals surface area contributed by atoms with E-state index in [2.05, 4.69) is 0 Å². The van der Waals surface area contributed by atoms with Crippen LogP contribution in [0.1, 0.15) is 33.3 Å². The lowest BCUT2D eigenvalue weighted by molar-refractivity contribution is -0.445. The standard InChI is InChI=1S/C8H8O2.2C2H6.CH3NO2/c9-8(10)6-7-4-2-1-3-5-7;2*1-2;1-2(3)4/h1-5H,6H2,(H,9,10);2*1-2H3;1H3. The highest BCUT2D eigenvalue weighted by Crippen LogP contribution is 1.98. The maximum absolute atomic E-state index is 10.2. The van der Waals surface area contributed by atoms with E-state index < -0.39 is 10.9 Å². The Bertz CT molecular complexity index is 295. The number of aliphatic carboxylic acids is 1. The summed E-state index contributed by atoms with van der Waals surface area (Å²) in [6, 6.07) is 9.13. The zero-order valence-corrected chi connectivity index (χ0v) is 11.7. The topological polar surface area (TPSA) is 80.4 Å². The minimum atomic E-state index is -0.786. The fourth-order valence-electron chi connectivity index (χ4n) is 0.770. The van der Waals surface area contributed by atoms with Gasteiger partial charge in [-0.05, 0) is 5.56 Å². The number of nitro groups is 1. The molecule has 0 spiro atoms. The number of rotatable bonds is 2. The molecule has 18 heavy (non-hydrogen) atoms. The van der Waals surface area contributed by atoms with Crippen LogP contribution in [0.2, 0.25) is 0 Å². The summed E-state index contributed by atoms with van der Waals surface area (Å²) in [4.78, 5) is 18.5. The predicted molar refractivity (Wildman–Crippen MR) is 73.4 cm³/mol. The first-order valence-electron chi connectivity index (χ1n) is 5.86. The lowest BCUT2D eigenvalue weighted by Gasteiger charge is -1.92. The number of hydrogen-bond donors (Lipinski definition) is 1. The van der Waals surface area contributed by atoms with E-state index in [0.29, 0.717) is 0 Å². The number of carboxylic acid groups (broad SMARTS) is 1. The molecule has 0 atom stereocenters. The highest BCUT2D eigenvalue weighted by Gasteiger charge is 1.96. The first-order chi connectivity index (χ1) is 8.52. The summed E-state index contributed by atoms with van der Waals surface area (Å²) in [5.41, 5.74) is 0.843. The first kappa shape index (κ1) is 21.4. The van der Waals surface area contributed by atoms with Crippen LogP contribution in [0.3, 0.4) is 0 Å². The molecular weight excluding hydrogens is 234 g/mol. The molecule has 0 amide bonds. The highest BCUT2D eigenvalue weighted by molar-refractivity contribution is 5.70. The van der Waals surface area contributed by atoms with Crippen LogP contribution in [0.4, 0.5) is 0 Å². The molecule has 0 unspecified atom stereocenters. The van der Waals surface area contributed by atoms with Crippen LogP contribution in [0.25, 0.3) is 0 Å². The zero-order valence-electron chi connectivity index (χ0n) is 11.7. The van der Waals surface area contributed by atoms with E-state index in [-0.39, 0.29) is 6.42 Å². The summed E-state index contributed by atoms with van der Waals surface area (Å²) in [7, 11) is 0.889. The average molecular weight is 257 g/mol. The maximum Gasteiger partial charge on any atom is 0.307 e. The Morgan fingerprint density at radius 2 is 1.50 bits per heavy atom. The second kappa shape index (κ2) is 17.5. The molecule has 0 saturated carbocycles. The number of nitrogens with zero attached hydrogens (tertiary/aromatic N) is 1. The number of carboxylic acids is 1. The number of hydrogen-bond acceptors (Lipinski definition) is 3. The Morgan fingerprint density at radius 3 is 1.78 bits per heavy atom. The Hall–Kier alpha value is -1.91. The Labute approximate surface area is 109 Å². The molecule has 0 aliphatic rings. The third kappa shape index (κ3) is 23.7. The highest BCUT2D eigenvalue weighted by atomic mass is 16.6. The van der Waals surface area contributed by atoms with Gasteiger partial charge in [-0.25, -0.2) is 0 Å². The van der Waals surface area contributed by atoms with Crippen molar-refractivity contribution in [2.45, 2.75) is 34.1 Å². The van der Waals surface area contributed by atoms with E-state index in [1.165, 1.54) is 0 Å². The van der Waals surface area contributed by atoms with Crippen LogP contribution in [0.15, 0.2) is 30.3 Å². The fraction of sp³-hybridized carbons (Fsp3) is 0.462. The van der Waals surface area contributed by atoms with Gasteiger partial charge in [0.2, 0.25) is 0 Å². The van der Waals surface area contributed by atoms with Crippen molar-refractivity contribution in [3.8, 4) is 0 Å². The molecule has 1 aromatic carbocycles. The van der Waals surface area contributed by atoms with Gasteiger partial charge >= 0.3 is 5.97 Å². The molecule has 1 aromatic rings. The molecule has 5 nitrogen and oxygen atoms in total. The molecule has 1 N–H and O–H groups in total. The van der Waals surface area contributed by atoms with E-state index in [9.17, 15) is 4.79 Å². The largest absolute Gasteiger partial charge is 0.481 e. The molecule has 0 heterocycles. The molecule has 0 aliphatic carbocycles. The molecule has 0 aliphatic heterocycles. The van der Waals surface area contributed by atoms with Crippen molar-refractivity contribution in [2.24, 2.45) is 0 Å². The predicted octanol–water partition coefficient (Wildman–Crippen LogP) is 3.26. The maximum atomic E-state index is 10.2. The lowest BCUT2D eigenvalue weighted by atomic mass is 10.2. The van der Waals surface area contributed by atoms with Crippen molar-refractivity contribution in [1.82, 2.24) is 0 Å². The molecule has 5 heteroatoms. The van der Waals surface area contributed by atoms with Gasteiger partial charge in [-0.15, -0.1) is 0 Å². The Kier molecular flexibility index (Phi) is 20.8. The summed E-state index contributed by atoms with van der Waals surface area (Å²) in [5.74, 6) is -0.786. The third-order valence-electron chi connectivity index (χ3n) is 1.20. The van der Waals surface area contributed by atoms with Crippen molar-refractivity contribution in [1.29, 1.82) is 0 Å². The van der Waals surface area contributed by atoms with E-state index in [4.69, 9.17) is 15.2 Å². The van der Waals surface area contributed by atoms with Gasteiger partial charge in [0.25, 0.3) is 0 Å². The summed E-state index contributed by atoms with van der Waals surface area (Å²) >= 11 is 0. The zero-order chi connectivity index (χ0) is 15.0. The van der Waals surface area contributed by atoms with Crippen LogP contribution in [-0.4, -0.2) is 23.0 Å². The van der Waals surface area contributed by atoms with Gasteiger partial charge in [0.1, 0.15) is 0 Å². The Morgan fingerprint density at radius 1 is 1.17 bits per heavy atom. The quantitative estimate of drug-likeness (QED) is 0.651. The summed E-state index contributed by atoms with van der Waals surface area (Å²) in [6.07, 6.45) is 0.112. The third-order valence-corrected chi connectivity index (χ3v) is 1.20. The molecule has 104 valence electrons. The number of carbonyl (C=O) groups is 1. The van der Waals surface area contributed by atoms with E-state index >= 15 is 0 Å². The van der Waals surface area contributed by atoms with Crippen LogP contribution < -0.4 is 0 Å². The first-order valence-corrected chi connectivity index (χ1v) is 5.86. The van der Waals surface area contributed by atoms with E-state index in [1.807, 2.05) is 45.9 Å². The van der Waals surface area contributed by atoms with E-state index in [0.717, 1.165) is 12.6 Å². The second-order valence-electron chi connectivity index (χ2n) is 2.50. The lowest BCUT2D eigenvalue weighted by Crippen LogP contribution is -1.98. The molecule has 0 aromatic heterocycles. The van der Waals surface area contributed by atoms with Gasteiger partial charge in [-0.1, -0.05) is 58.0 Å². The molecule has 0 saturated heterocycles. The van der Waals surface area contributed by atoms with Gasteiger partial charge in [-0.3, -0.25) is 14.9 Å². The van der Waals surface area contributed by atoms with Crippen LogP contribution >= 0.6 is 0 Å². The van der Waals surface area contributed by atoms with Crippen LogP contribution in [0.5, 0.6) is 0 Å². The van der Waals surface area contributed by atoms with Gasteiger partial charge < -0.3 is 5.11 Å². The minimum absolute atomic E-state index is 0.112. The SMILES string of the molecule is CC.CC.C[N+](=O)[O-].O=C(O)Cc1ccccc1. The molecule has 0 bridgehead atoms. The molecule has 1 rings (SSSR count). The van der Waals surface area contributed by atoms with E-state index in [1.54, 1.807) is 12.1 Å². The van der Waals surface area contributed by atoms with Gasteiger partial charge in [0, 0.05) is 4.92 Å². The Balaban J connectivity index is -0.000000238. The van der Waals surface area contributed by atoms with Crippen molar-refractivity contribution < 1.29 is 14.8 Å². The van der Waals surface area contributed by atoms with Gasteiger partial charge in [0.05, 0.1) is 6.42 Å². The summed E-state index contributed by atoms with van der Waals surface area (Å²) in [5, 5.41) is 17.2. The van der Waals surface area contributed by atoms with Crippen molar-refractivity contribution in [3.05, 3.63) is 46.0 Å². The monoisotopic (exact) mass is 257 g/mol. The van der Waals surface area contributed by atoms with Crippen molar-refractivity contribution in [2.75, 3.05) is 7.05 Å². The smallest absolute Gasteiger partial charge is 0.307 e. The van der Waals surface area contributed by atoms with Crippen molar-refractivity contribution in [3.63, 3.8) is 0 Å². The van der Waals surface area contributed by atoms with Crippen molar-refractivity contribution >= 4 is 5.97 Å². The molecule has 0 radical (unpaired) electrons. The summed E-state index contributed by atoms with van der Waals surface area (Å²) < 4.78 is 0. The van der Waals surface area contributed by atoms with Gasteiger partial charge in [0.15, 0.2) is 7.05 Å². The minimum Gasteiger partial charge on any atom is -0.481 e. The normalized spacial score (nSPS) is 7.17. The van der Waals surface area contributed by atoms with Gasteiger partial charge in [-0.2, -0.15) is 0 Å². The fourth-order valence-corrected chi connectivity index (χ4v) is 0.770. The molecular formula is C13H23NO4. The van der Waals surface area contributed by atoms with Crippen LogP contribution in [0, 0.1) is 10.1 Å². The second-order valence-corrected chi connectivity index (χ2v) is 2.50. The summed E-state index contributed by atoms with van der Waals surface area (Å²) in [6.45, 7) is 8.00. The molecule has 0 fully saturated rings. The number of benzene rings is 1. The van der Waals surface area contributed by atoms with Crippen LogP contribution in [-0.2, 0) is 11.2 Å². The average Bonchev–Trinajstić information content (AvgIpc) is 2.34.